The summed E-state index contributed by atoms with van der Waals surface area (Å²) in [5.41, 5.74) is 4.41. The van der Waals surface area contributed by atoms with Gasteiger partial charge in [-0.2, -0.15) is 0 Å². The summed E-state index contributed by atoms with van der Waals surface area (Å²) in [6.07, 6.45) is 16.5. The Kier molecular flexibility index (Phi) is 6.26. The average Bonchev–Trinajstić information content (AvgIpc) is 2.94. The molecule has 1 N–H and O–H groups in total. The van der Waals surface area contributed by atoms with Crippen molar-refractivity contribution in [3.05, 3.63) is 83.7 Å². The number of fused-ring (bicyclic) bond motifs is 3. The molecule has 0 bridgehead atoms. The van der Waals surface area contributed by atoms with E-state index < -0.39 is 0 Å². The quantitative estimate of drug-likeness (QED) is 0.296. The fourth-order valence-corrected chi connectivity index (χ4v) is 5.97. The normalized spacial score (nSPS) is 28.7. The first kappa shape index (κ1) is 22.3. The fourth-order valence-electron chi connectivity index (χ4n) is 5.97. The van der Waals surface area contributed by atoms with Crippen LogP contribution in [0.25, 0.3) is 0 Å². The van der Waals surface area contributed by atoms with Gasteiger partial charge in [0, 0.05) is 17.2 Å². The van der Waals surface area contributed by atoms with Crippen LogP contribution < -0.4 is 5.32 Å². The summed E-state index contributed by atoms with van der Waals surface area (Å²) in [6, 6.07) is 9.02. The van der Waals surface area contributed by atoms with Crippen molar-refractivity contribution in [3.8, 4) is 0 Å². The highest BCUT2D eigenvalue weighted by atomic mass is 15.0. The molecule has 2 nitrogen and oxygen atoms in total. The third-order valence-electron chi connectivity index (χ3n) is 7.10. The minimum Gasteiger partial charge on any atom is -0.385 e. The minimum absolute atomic E-state index is 0.0142. The van der Waals surface area contributed by atoms with E-state index in [2.05, 4.69) is 101 Å². The van der Waals surface area contributed by atoms with E-state index in [0.29, 0.717) is 5.92 Å². The van der Waals surface area contributed by atoms with Gasteiger partial charge < -0.3 is 5.32 Å². The molecule has 0 saturated heterocycles. The van der Waals surface area contributed by atoms with E-state index >= 15 is 0 Å². The molecule has 0 spiro atoms. The highest BCUT2D eigenvalue weighted by Crippen LogP contribution is 2.64. The maximum absolute atomic E-state index is 5.02. The standard InChI is InChI=1S/C28H38N2/c1-8-10-19-30-26(5,6)28(25(29-9-2)20-21(3)4)23-16-12-11-15-22(23)27(7)18-14-13-17-24(27)28/h9-12,14-16,18-20,24,30H,3,8,13,17H2,1-2,4-7H3/b19-10-,25-20-,29-9?/t24?,27?,28-/m0/s1. The van der Waals surface area contributed by atoms with Gasteiger partial charge in [0.2, 0.25) is 0 Å². The number of nitrogens with zero attached hydrogens (tertiary/aromatic N) is 1. The number of allylic oxidation sites excluding steroid dienone is 5. The molecule has 30 heavy (non-hydrogen) atoms. The lowest BCUT2D eigenvalue weighted by Crippen LogP contribution is -2.60. The molecule has 1 aromatic carbocycles. The second kappa shape index (κ2) is 8.41. The van der Waals surface area contributed by atoms with Crippen molar-refractivity contribution in [1.82, 2.24) is 5.32 Å². The molecule has 160 valence electrons. The van der Waals surface area contributed by atoms with Crippen molar-refractivity contribution < 1.29 is 0 Å². The highest BCUT2D eigenvalue weighted by Gasteiger charge is 2.64. The van der Waals surface area contributed by atoms with E-state index in [4.69, 9.17) is 4.99 Å². The van der Waals surface area contributed by atoms with Crippen molar-refractivity contribution >= 4 is 6.21 Å². The summed E-state index contributed by atoms with van der Waals surface area (Å²) in [4.78, 5) is 5.02. The summed E-state index contributed by atoms with van der Waals surface area (Å²) < 4.78 is 0. The van der Waals surface area contributed by atoms with E-state index in [1.807, 2.05) is 13.1 Å². The summed E-state index contributed by atoms with van der Waals surface area (Å²) in [7, 11) is 0. The predicted molar refractivity (Wildman–Crippen MR) is 131 cm³/mol. The number of nitrogens with one attached hydrogen (secondary N) is 1. The smallest absolute Gasteiger partial charge is 0.0641 e. The topological polar surface area (TPSA) is 24.4 Å². The molecule has 3 rings (SSSR count). The Labute approximate surface area is 183 Å². The van der Waals surface area contributed by atoms with Crippen LogP contribution in [0.5, 0.6) is 0 Å². The van der Waals surface area contributed by atoms with Gasteiger partial charge in [-0.3, -0.25) is 4.99 Å². The Morgan fingerprint density at radius 2 is 2.00 bits per heavy atom. The van der Waals surface area contributed by atoms with Crippen LogP contribution in [-0.2, 0) is 10.8 Å². The molecule has 1 aromatic rings. The lowest BCUT2D eigenvalue weighted by atomic mass is 9.55. The zero-order valence-electron chi connectivity index (χ0n) is 19.6. The minimum atomic E-state index is -0.285. The van der Waals surface area contributed by atoms with Gasteiger partial charge in [0.05, 0.1) is 11.1 Å². The highest BCUT2D eigenvalue weighted by molar-refractivity contribution is 5.63. The maximum Gasteiger partial charge on any atom is 0.0641 e. The largest absolute Gasteiger partial charge is 0.385 e. The second-order valence-corrected chi connectivity index (χ2v) is 9.51. The molecule has 0 fully saturated rings. The lowest BCUT2D eigenvalue weighted by Gasteiger charge is -2.52. The molecule has 2 unspecified atom stereocenters. The zero-order chi connectivity index (χ0) is 22.0. The number of hydrogen-bond donors (Lipinski definition) is 1. The molecule has 0 amide bonds. The van der Waals surface area contributed by atoms with Crippen molar-refractivity contribution in [1.29, 1.82) is 0 Å². The molecular weight excluding hydrogens is 364 g/mol. The Hall–Kier alpha value is -2.35. The number of rotatable bonds is 7. The molecule has 0 heterocycles. The van der Waals surface area contributed by atoms with Gasteiger partial charge in [-0.25, -0.2) is 0 Å². The van der Waals surface area contributed by atoms with Gasteiger partial charge in [0.15, 0.2) is 0 Å². The van der Waals surface area contributed by atoms with Crippen LogP contribution in [0.3, 0.4) is 0 Å². The molecule has 0 saturated carbocycles. The Bertz CT molecular complexity index is 914. The van der Waals surface area contributed by atoms with E-state index in [0.717, 1.165) is 30.5 Å². The first-order valence-electron chi connectivity index (χ1n) is 11.3. The van der Waals surface area contributed by atoms with Crippen LogP contribution in [-0.4, -0.2) is 11.8 Å². The van der Waals surface area contributed by atoms with E-state index in [-0.39, 0.29) is 16.4 Å². The summed E-state index contributed by atoms with van der Waals surface area (Å²) >= 11 is 0. The molecule has 2 aliphatic carbocycles. The zero-order valence-corrected chi connectivity index (χ0v) is 19.6. The first-order chi connectivity index (χ1) is 14.3. The predicted octanol–water partition coefficient (Wildman–Crippen LogP) is 7.00. The molecule has 2 heteroatoms. The van der Waals surface area contributed by atoms with Crippen molar-refractivity contribution in [2.24, 2.45) is 10.9 Å². The van der Waals surface area contributed by atoms with Gasteiger partial charge in [0.1, 0.15) is 0 Å². The summed E-state index contributed by atoms with van der Waals surface area (Å²) in [6.45, 7) is 17.6. The molecule has 0 aromatic heterocycles. The van der Waals surface area contributed by atoms with Gasteiger partial charge in [-0.1, -0.05) is 68.5 Å². The SMILES string of the molecule is C=C(C)/C=C(\N=CC)[C@]1(C(C)(C)N/C=C\CC)c2ccccc2C2(C)C=CCCC21. The van der Waals surface area contributed by atoms with Crippen LogP contribution in [0.1, 0.15) is 71.9 Å². The van der Waals surface area contributed by atoms with Gasteiger partial charge >= 0.3 is 0 Å². The molecule has 0 aliphatic heterocycles. The molecule has 3 atom stereocenters. The summed E-state index contributed by atoms with van der Waals surface area (Å²) in [5, 5.41) is 3.80. The third-order valence-corrected chi connectivity index (χ3v) is 7.10. The molecule has 0 radical (unpaired) electrons. The average molecular weight is 403 g/mol. The van der Waals surface area contributed by atoms with Gasteiger partial charge in [-0.15, -0.1) is 0 Å². The second-order valence-electron chi connectivity index (χ2n) is 9.51. The third kappa shape index (κ3) is 3.31. The van der Waals surface area contributed by atoms with Crippen LogP contribution in [0.4, 0.5) is 0 Å². The van der Waals surface area contributed by atoms with Crippen LogP contribution in [0.15, 0.2) is 77.6 Å². The number of hydrogen-bond acceptors (Lipinski definition) is 2. The van der Waals surface area contributed by atoms with Crippen molar-refractivity contribution in [3.63, 3.8) is 0 Å². The fraction of sp³-hybridized carbons (Fsp3) is 0.464. The Balaban J connectivity index is 2.41. The van der Waals surface area contributed by atoms with E-state index in [9.17, 15) is 0 Å². The Morgan fingerprint density at radius 1 is 1.30 bits per heavy atom. The number of benzene rings is 1. The molecule has 2 aliphatic rings. The maximum atomic E-state index is 5.02. The number of aliphatic imine (C=N–C) groups is 1. The summed E-state index contributed by atoms with van der Waals surface area (Å²) in [5.74, 6) is 0.402. The van der Waals surface area contributed by atoms with Gasteiger partial charge in [-0.05, 0) is 76.3 Å². The Morgan fingerprint density at radius 3 is 2.63 bits per heavy atom. The lowest BCUT2D eigenvalue weighted by molar-refractivity contribution is 0.140. The van der Waals surface area contributed by atoms with Crippen LogP contribution in [0, 0.1) is 5.92 Å². The van der Waals surface area contributed by atoms with Crippen LogP contribution in [0.2, 0.25) is 0 Å². The molecular formula is C28H38N2. The van der Waals surface area contributed by atoms with Crippen molar-refractivity contribution in [2.45, 2.75) is 77.2 Å². The first-order valence-corrected chi connectivity index (χ1v) is 11.3. The van der Waals surface area contributed by atoms with Crippen LogP contribution >= 0.6 is 0 Å². The van der Waals surface area contributed by atoms with Gasteiger partial charge in [0.25, 0.3) is 0 Å². The van der Waals surface area contributed by atoms with E-state index in [1.165, 1.54) is 11.1 Å². The van der Waals surface area contributed by atoms with E-state index in [1.54, 1.807) is 0 Å². The monoisotopic (exact) mass is 402 g/mol. The van der Waals surface area contributed by atoms with Crippen molar-refractivity contribution in [2.75, 3.05) is 0 Å².